The molecule has 2 aromatic rings. The third-order valence-electron chi connectivity index (χ3n) is 2.43. The van der Waals surface area contributed by atoms with Crippen molar-refractivity contribution in [2.75, 3.05) is 20.6 Å². The van der Waals surface area contributed by atoms with Crippen molar-refractivity contribution in [2.24, 2.45) is 0 Å². The fourth-order valence-electron chi connectivity index (χ4n) is 1.59. The van der Waals surface area contributed by atoms with Gasteiger partial charge in [0.25, 0.3) is 0 Å². The first kappa shape index (κ1) is 9.98. The Hall–Kier alpha value is -1.55. The summed E-state index contributed by atoms with van der Waals surface area (Å²) in [6.07, 6.45) is 0.996. The van der Waals surface area contributed by atoms with Crippen LogP contribution in [0, 0.1) is 0 Å². The minimum atomic E-state index is -0.144. The summed E-state index contributed by atoms with van der Waals surface area (Å²) in [4.78, 5) is 18.7. The molecule has 4 nitrogen and oxygen atoms in total. The molecule has 1 aromatic carbocycles. The van der Waals surface area contributed by atoms with E-state index in [2.05, 4.69) is 35.0 Å². The molecule has 0 atom stereocenters. The van der Waals surface area contributed by atoms with Crippen LogP contribution in [0.1, 0.15) is 5.56 Å². The van der Waals surface area contributed by atoms with Crippen molar-refractivity contribution in [2.45, 2.75) is 6.42 Å². The molecule has 0 aliphatic heterocycles. The van der Waals surface area contributed by atoms with Crippen molar-refractivity contribution in [1.82, 2.24) is 14.9 Å². The smallest absolute Gasteiger partial charge is 0.309 e. The third-order valence-corrected chi connectivity index (χ3v) is 2.43. The van der Waals surface area contributed by atoms with Gasteiger partial charge in [-0.05, 0) is 38.2 Å². The quantitative estimate of drug-likeness (QED) is 0.784. The Bertz CT molecular complexity index is 510. The minimum Gasteiger partial charge on any atom is -0.309 e. The van der Waals surface area contributed by atoms with Gasteiger partial charge in [0, 0.05) is 6.54 Å². The minimum absolute atomic E-state index is 0.144. The van der Waals surface area contributed by atoms with Gasteiger partial charge in [-0.2, -0.15) is 0 Å². The fourth-order valence-corrected chi connectivity index (χ4v) is 1.59. The molecule has 0 radical (unpaired) electrons. The number of hydrogen-bond acceptors (Lipinski definition) is 2. The highest BCUT2D eigenvalue weighted by atomic mass is 16.1. The first-order valence-electron chi connectivity index (χ1n) is 5.01. The summed E-state index contributed by atoms with van der Waals surface area (Å²) in [6.45, 7) is 1.01. The second-order valence-electron chi connectivity index (χ2n) is 4.01. The van der Waals surface area contributed by atoms with E-state index in [0.717, 1.165) is 24.0 Å². The Morgan fingerprint density at radius 1 is 1.20 bits per heavy atom. The van der Waals surface area contributed by atoms with Crippen LogP contribution in [0.25, 0.3) is 11.0 Å². The van der Waals surface area contributed by atoms with E-state index in [1.165, 1.54) is 5.56 Å². The standard InChI is InChI=1S/C11H15N3O/c1-14(2)6-5-8-3-4-9-10(7-8)13-11(15)12-9/h3-4,7H,5-6H2,1-2H3,(H2,12,13,15). The number of fused-ring (bicyclic) bond motifs is 1. The van der Waals surface area contributed by atoms with Gasteiger partial charge < -0.3 is 14.9 Å². The van der Waals surface area contributed by atoms with Gasteiger partial charge in [-0.1, -0.05) is 6.07 Å². The molecule has 0 aliphatic carbocycles. The van der Waals surface area contributed by atoms with E-state index in [-0.39, 0.29) is 5.69 Å². The van der Waals surface area contributed by atoms with Crippen molar-refractivity contribution < 1.29 is 0 Å². The first-order valence-corrected chi connectivity index (χ1v) is 5.01. The zero-order valence-corrected chi connectivity index (χ0v) is 9.00. The summed E-state index contributed by atoms with van der Waals surface area (Å²) in [5, 5.41) is 0. The molecule has 2 N–H and O–H groups in total. The topological polar surface area (TPSA) is 51.9 Å². The summed E-state index contributed by atoms with van der Waals surface area (Å²) in [6, 6.07) is 6.02. The molecule has 0 saturated carbocycles. The first-order chi connectivity index (χ1) is 7.15. The van der Waals surface area contributed by atoms with E-state index in [0.29, 0.717) is 0 Å². The number of likely N-dealkylation sites (N-methyl/N-ethyl adjacent to an activating group) is 1. The Morgan fingerprint density at radius 3 is 2.67 bits per heavy atom. The average molecular weight is 205 g/mol. The van der Waals surface area contributed by atoms with Crippen LogP contribution in [-0.4, -0.2) is 35.5 Å². The maximum Gasteiger partial charge on any atom is 0.323 e. The van der Waals surface area contributed by atoms with Gasteiger partial charge in [-0.15, -0.1) is 0 Å². The molecule has 0 spiro atoms. The monoisotopic (exact) mass is 205 g/mol. The molecule has 0 fully saturated rings. The number of H-pyrrole nitrogens is 2. The van der Waals surface area contributed by atoms with Gasteiger partial charge in [0.1, 0.15) is 0 Å². The van der Waals surface area contributed by atoms with Crippen LogP contribution in [0.3, 0.4) is 0 Å². The summed E-state index contributed by atoms with van der Waals surface area (Å²) in [5.41, 5.74) is 2.85. The number of imidazole rings is 1. The highest BCUT2D eigenvalue weighted by Crippen LogP contribution is 2.10. The third kappa shape index (κ3) is 2.27. The summed E-state index contributed by atoms with van der Waals surface area (Å²) < 4.78 is 0. The number of benzene rings is 1. The predicted octanol–water partition coefficient (Wildman–Crippen LogP) is 0.960. The highest BCUT2D eigenvalue weighted by molar-refractivity contribution is 5.74. The van der Waals surface area contributed by atoms with Crippen molar-refractivity contribution in [3.05, 3.63) is 34.2 Å². The Morgan fingerprint density at radius 2 is 1.93 bits per heavy atom. The van der Waals surface area contributed by atoms with E-state index in [1.807, 2.05) is 12.1 Å². The second kappa shape index (κ2) is 3.90. The number of hydrogen-bond donors (Lipinski definition) is 2. The molecular formula is C11H15N3O. The molecule has 0 unspecified atom stereocenters. The normalized spacial score (nSPS) is 11.4. The van der Waals surface area contributed by atoms with Crippen molar-refractivity contribution in [3.8, 4) is 0 Å². The fraction of sp³-hybridized carbons (Fsp3) is 0.364. The molecule has 15 heavy (non-hydrogen) atoms. The number of aromatic amines is 2. The van der Waals surface area contributed by atoms with Gasteiger partial charge in [0.05, 0.1) is 11.0 Å². The highest BCUT2D eigenvalue weighted by Gasteiger charge is 2.00. The van der Waals surface area contributed by atoms with Crippen molar-refractivity contribution in [3.63, 3.8) is 0 Å². The van der Waals surface area contributed by atoms with Gasteiger partial charge in [-0.3, -0.25) is 0 Å². The molecule has 0 amide bonds. The van der Waals surface area contributed by atoms with Gasteiger partial charge in [-0.25, -0.2) is 4.79 Å². The number of aromatic nitrogens is 2. The van der Waals surface area contributed by atoms with Gasteiger partial charge in [0.15, 0.2) is 0 Å². The average Bonchev–Trinajstić information content (AvgIpc) is 2.53. The Balaban J connectivity index is 2.26. The molecule has 0 aliphatic rings. The summed E-state index contributed by atoms with van der Waals surface area (Å²) >= 11 is 0. The van der Waals surface area contributed by atoms with Crippen LogP contribution in [0.5, 0.6) is 0 Å². The SMILES string of the molecule is CN(C)CCc1ccc2[nH]c(=O)[nH]c2c1. The van der Waals surface area contributed by atoms with Crippen LogP contribution >= 0.6 is 0 Å². The predicted molar refractivity (Wildman–Crippen MR) is 61.2 cm³/mol. The maximum absolute atomic E-state index is 11.0. The lowest BCUT2D eigenvalue weighted by Crippen LogP contribution is -2.14. The largest absolute Gasteiger partial charge is 0.323 e. The molecular weight excluding hydrogens is 190 g/mol. The molecule has 0 bridgehead atoms. The Labute approximate surface area is 87.9 Å². The lowest BCUT2D eigenvalue weighted by molar-refractivity contribution is 0.414. The zero-order chi connectivity index (χ0) is 10.8. The second-order valence-corrected chi connectivity index (χ2v) is 4.01. The molecule has 4 heteroatoms. The molecule has 0 saturated heterocycles. The van der Waals surface area contributed by atoms with Crippen LogP contribution in [-0.2, 0) is 6.42 Å². The molecule has 1 aromatic heterocycles. The van der Waals surface area contributed by atoms with Crippen LogP contribution in [0.2, 0.25) is 0 Å². The number of rotatable bonds is 3. The van der Waals surface area contributed by atoms with E-state index in [1.54, 1.807) is 0 Å². The van der Waals surface area contributed by atoms with Crippen LogP contribution in [0.4, 0.5) is 0 Å². The van der Waals surface area contributed by atoms with Crippen LogP contribution < -0.4 is 5.69 Å². The zero-order valence-electron chi connectivity index (χ0n) is 9.00. The number of nitrogens with one attached hydrogen (secondary N) is 2. The maximum atomic E-state index is 11.0. The van der Waals surface area contributed by atoms with Crippen molar-refractivity contribution >= 4 is 11.0 Å². The Kier molecular flexibility index (Phi) is 2.60. The lowest BCUT2D eigenvalue weighted by Gasteiger charge is -2.08. The molecule has 2 rings (SSSR count). The summed E-state index contributed by atoms with van der Waals surface area (Å²) in [5.74, 6) is 0. The van der Waals surface area contributed by atoms with Crippen LogP contribution in [0.15, 0.2) is 23.0 Å². The van der Waals surface area contributed by atoms with E-state index < -0.39 is 0 Å². The van der Waals surface area contributed by atoms with Crippen molar-refractivity contribution in [1.29, 1.82) is 0 Å². The van der Waals surface area contributed by atoms with Gasteiger partial charge >= 0.3 is 5.69 Å². The van der Waals surface area contributed by atoms with E-state index >= 15 is 0 Å². The van der Waals surface area contributed by atoms with E-state index in [9.17, 15) is 4.79 Å². The van der Waals surface area contributed by atoms with Gasteiger partial charge in [0.2, 0.25) is 0 Å². The van der Waals surface area contributed by atoms with E-state index in [4.69, 9.17) is 0 Å². The summed E-state index contributed by atoms with van der Waals surface area (Å²) in [7, 11) is 4.10. The molecule has 1 heterocycles. The number of nitrogens with zero attached hydrogens (tertiary/aromatic N) is 1. The molecule has 80 valence electrons. The lowest BCUT2D eigenvalue weighted by atomic mass is 10.1.